The Balaban J connectivity index is 1.53. The summed E-state index contributed by atoms with van der Waals surface area (Å²) >= 11 is 12.8. The molecule has 48 heavy (non-hydrogen) atoms. The number of rotatable bonds is 14. The zero-order valence-electron chi connectivity index (χ0n) is 25.3. The molecule has 1 amide bonds. The van der Waals surface area contributed by atoms with E-state index in [4.69, 9.17) is 42.8 Å². The van der Waals surface area contributed by atoms with Crippen LogP contribution in [0.25, 0.3) is 0 Å². The molecule has 0 saturated carbocycles. The third-order valence-electron chi connectivity index (χ3n) is 7.61. The average molecular weight is 719 g/mol. The van der Waals surface area contributed by atoms with Gasteiger partial charge in [0.05, 0.1) is 17.3 Å². The van der Waals surface area contributed by atoms with Gasteiger partial charge in [-0.05, 0) is 66.2 Å². The summed E-state index contributed by atoms with van der Waals surface area (Å²) in [6.07, 6.45) is -1.10. The molecule has 0 aromatic heterocycles. The number of aliphatic hydroxyl groups excluding tert-OH is 1. The molecular weight excluding hydrogens is 687 g/mol. The molecular formula is C34H31Cl2F2N3O6S. The number of benzene rings is 4. The second-order valence-corrected chi connectivity index (χ2v) is 13.8. The van der Waals surface area contributed by atoms with Crippen LogP contribution in [0.15, 0.2) is 101 Å². The number of ether oxygens (including phenoxy) is 2. The molecule has 0 aliphatic carbocycles. The number of hydrazine groups is 1. The van der Waals surface area contributed by atoms with Crippen molar-refractivity contribution in [3.8, 4) is 5.75 Å². The van der Waals surface area contributed by atoms with Crippen LogP contribution in [0.1, 0.15) is 35.6 Å². The van der Waals surface area contributed by atoms with Gasteiger partial charge in [0.2, 0.25) is 5.90 Å². The predicted molar refractivity (Wildman–Crippen MR) is 178 cm³/mol. The van der Waals surface area contributed by atoms with Gasteiger partial charge in [0.1, 0.15) is 5.75 Å². The van der Waals surface area contributed by atoms with E-state index in [0.29, 0.717) is 40.5 Å². The van der Waals surface area contributed by atoms with Crippen LogP contribution < -0.4 is 15.6 Å². The Hall–Kier alpha value is -4.07. The number of aliphatic imine (C=N–C) groups is 1. The van der Waals surface area contributed by atoms with Gasteiger partial charge < -0.3 is 14.6 Å². The van der Waals surface area contributed by atoms with Gasteiger partial charge in [-0.1, -0.05) is 53.5 Å². The Morgan fingerprint density at radius 2 is 1.73 bits per heavy atom. The van der Waals surface area contributed by atoms with E-state index in [-0.39, 0.29) is 35.4 Å². The lowest BCUT2D eigenvalue weighted by atomic mass is 9.85. The number of nitrogens with zero attached hydrogens (tertiary/aromatic N) is 1. The molecule has 14 heteroatoms. The van der Waals surface area contributed by atoms with Crippen LogP contribution in [0.3, 0.4) is 0 Å². The number of sulfone groups is 1. The molecule has 1 heterocycles. The van der Waals surface area contributed by atoms with Crippen LogP contribution in [0, 0.1) is 11.6 Å². The molecule has 0 spiro atoms. The first-order valence-corrected chi connectivity index (χ1v) is 17.2. The van der Waals surface area contributed by atoms with Gasteiger partial charge >= 0.3 is 0 Å². The van der Waals surface area contributed by atoms with E-state index in [0.717, 1.165) is 12.1 Å². The zero-order valence-corrected chi connectivity index (χ0v) is 27.7. The number of nitrogens with one attached hydrogen (secondary N) is 2. The quantitative estimate of drug-likeness (QED) is 0.108. The van der Waals surface area contributed by atoms with E-state index in [9.17, 15) is 22.0 Å². The second kappa shape index (κ2) is 15.4. The summed E-state index contributed by atoms with van der Waals surface area (Å²) in [6, 6.07) is 22.4. The minimum absolute atomic E-state index is 0.0167. The standard InChI is InChI=1S/C34H31Cl2F2N3O6S/c35-24-10-13-27(28(36)20-24)31-34(15-18-48(44,45)26-5-2-1-3-6-26,33(43)41-39-21-22-7-14-29(37)30(38)19-22)40-32(47-31)23-8-11-25(12-9-23)46-17-4-16-42/h1-3,5-14,19-20,31,39,42H,4,15-18,21H2,(H,41,43)/t31-,34-/m0/s1. The summed E-state index contributed by atoms with van der Waals surface area (Å²) in [5, 5.41) is 9.53. The Morgan fingerprint density at radius 3 is 2.42 bits per heavy atom. The number of amides is 1. The van der Waals surface area contributed by atoms with Gasteiger partial charge in [0, 0.05) is 47.2 Å². The topological polar surface area (TPSA) is 126 Å². The van der Waals surface area contributed by atoms with Crippen LogP contribution in [-0.4, -0.2) is 49.8 Å². The lowest BCUT2D eigenvalue weighted by Gasteiger charge is -2.31. The summed E-state index contributed by atoms with van der Waals surface area (Å²) < 4.78 is 66.2. The van der Waals surface area contributed by atoms with Gasteiger partial charge in [-0.3, -0.25) is 10.2 Å². The number of hydrogen-bond acceptors (Lipinski definition) is 8. The maximum absolute atomic E-state index is 14.3. The highest BCUT2D eigenvalue weighted by Crippen LogP contribution is 2.45. The third kappa shape index (κ3) is 8.13. The molecule has 0 radical (unpaired) electrons. The SMILES string of the molecule is O=C(NNCc1ccc(F)c(F)c1)[C@@]1(CCS(=O)(=O)c2ccccc2)N=C(c2ccc(OCCCO)cc2)O[C@H]1c1ccc(Cl)cc1Cl. The van der Waals surface area contributed by atoms with E-state index < -0.39 is 44.8 Å². The lowest BCUT2D eigenvalue weighted by Crippen LogP contribution is -2.53. The number of carbonyl (C=O) groups excluding carboxylic acids is 1. The summed E-state index contributed by atoms with van der Waals surface area (Å²) in [5.74, 6) is -2.75. The Labute approximate surface area is 286 Å². The zero-order chi connectivity index (χ0) is 34.3. The summed E-state index contributed by atoms with van der Waals surface area (Å²) in [4.78, 5) is 19.1. The van der Waals surface area contributed by atoms with E-state index in [1.54, 1.807) is 54.6 Å². The van der Waals surface area contributed by atoms with E-state index in [2.05, 4.69) is 10.9 Å². The monoisotopic (exact) mass is 717 g/mol. The van der Waals surface area contributed by atoms with Gasteiger partial charge in [0.25, 0.3) is 5.91 Å². The number of halogens is 4. The van der Waals surface area contributed by atoms with Gasteiger partial charge in [0.15, 0.2) is 33.1 Å². The lowest BCUT2D eigenvalue weighted by molar-refractivity contribution is -0.130. The van der Waals surface area contributed by atoms with E-state index in [1.165, 1.54) is 24.3 Å². The van der Waals surface area contributed by atoms with Crippen LogP contribution in [0.5, 0.6) is 5.75 Å². The smallest absolute Gasteiger partial charge is 0.266 e. The first-order chi connectivity index (χ1) is 23.0. The molecule has 1 aliphatic heterocycles. The van der Waals surface area contributed by atoms with Gasteiger partial charge in [-0.15, -0.1) is 0 Å². The summed E-state index contributed by atoms with van der Waals surface area (Å²) in [6.45, 7) is 0.196. The molecule has 0 saturated heterocycles. The molecule has 5 rings (SSSR count). The molecule has 4 aromatic rings. The van der Waals surface area contributed by atoms with E-state index in [1.807, 2.05) is 0 Å². The minimum Gasteiger partial charge on any atom is -0.494 e. The van der Waals surface area contributed by atoms with Crippen molar-refractivity contribution >= 4 is 44.8 Å². The Kier molecular flexibility index (Phi) is 11.3. The largest absolute Gasteiger partial charge is 0.494 e. The highest BCUT2D eigenvalue weighted by Gasteiger charge is 2.54. The van der Waals surface area contributed by atoms with Crippen molar-refractivity contribution in [2.75, 3.05) is 19.0 Å². The second-order valence-electron chi connectivity index (χ2n) is 10.9. The molecule has 252 valence electrons. The first-order valence-electron chi connectivity index (χ1n) is 14.8. The Bertz CT molecular complexity index is 1900. The number of carbonyl (C=O) groups is 1. The molecule has 0 unspecified atom stereocenters. The maximum atomic E-state index is 14.3. The summed E-state index contributed by atoms with van der Waals surface area (Å²) in [7, 11) is -3.90. The molecule has 9 nitrogen and oxygen atoms in total. The molecule has 0 fully saturated rings. The van der Waals surface area contributed by atoms with Crippen molar-refractivity contribution < 1.29 is 36.6 Å². The van der Waals surface area contributed by atoms with E-state index >= 15 is 0 Å². The van der Waals surface area contributed by atoms with Crippen molar-refractivity contribution in [2.24, 2.45) is 4.99 Å². The van der Waals surface area contributed by atoms with Gasteiger partial charge in [-0.2, -0.15) is 0 Å². The van der Waals surface area contributed by atoms with Crippen molar-refractivity contribution in [3.63, 3.8) is 0 Å². The fraction of sp³-hybridized carbons (Fsp3) is 0.235. The molecule has 2 atom stereocenters. The highest BCUT2D eigenvalue weighted by molar-refractivity contribution is 7.91. The van der Waals surface area contributed by atoms with Crippen LogP contribution >= 0.6 is 23.2 Å². The molecule has 1 aliphatic rings. The van der Waals surface area contributed by atoms with Crippen molar-refractivity contribution in [2.45, 2.75) is 35.9 Å². The van der Waals surface area contributed by atoms with Crippen LogP contribution in [0.2, 0.25) is 10.0 Å². The van der Waals surface area contributed by atoms with Crippen LogP contribution in [0.4, 0.5) is 8.78 Å². The van der Waals surface area contributed by atoms with Crippen LogP contribution in [-0.2, 0) is 25.9 Å². The highest BCUT2D eigenvalue weighted by atomic mass is 35.5. The van der Waals surface area contributed by atoms with Crippen molar-refractivity contribution in [1.82, 2.24) is 10.9 Å². The van der Waals surface area contributed by atoms with Crippen molar-refractivity contribution in [3.05, 3.63) is 129 Å². The number of hydrogen-bond donors (Lipinski definition) is 3. The normalized spacial score (nSPS) is 17.4. The van der Waals surface area contributed by atoms with Crippen molar-refractivity contribution in [1.29, 1.82) is 0 Å². The minimum atomic E-state index is -3.90. The molecule has 4 aromatic carbocycles. The Morgan fingerprint density at radius 1 is 0.979 bits per heavy atom. The maximum Gasteiger partial charge on any atom is 0.266 e. The number of aliphatic hydroxyl groups is 1. The summed E-state index contributed by atoms with van der Waals surface area (Å²) in [5.41, 5.74) is 4.51. The van der Waals surface area contributed by atoms with Gasteiger partial charge in [-0.25, -0.2) is 27.6 Å². The predicted octanol–water partition coefficient (Wildman–Crippen LogP) is 5.97. The average Bonchev–Trinajstić information content (AvgIpc) is 3.47. The first kappa shape index (κ1) is 35.2. The fourth-order valence-corrected chi connectivity index (χ4v) is 6.98. The molecule has 0 bridgehead atoms. The fourth-order valence-electron chi connectivity index (χ4n) is 5.08. The third-order valence-corrected chi connectivity index (χ3v) is 9.90. The molecule has 3 N–H and O–H groups in total.